The first-order valence-electron chi connectivity index (χ1n) is 18.5. The molecule has 4 heteroatoms. The second-order valence-corrected chi connectivity index (χ2v) is 14.3. The Balaban J connectivity index is 1.07. The van der Waals surface area contributed by atoms with Gasteiger partial charge in [0.05, 0.1) is 28.1 Å². The molecule has 1 aliphatic heterocycles. The summed E-state index contributed by atoms with van der Waals surface area (Å²) in [5, 5.41) is 7.27. The number of nitrogens with zero attached hydrogens (tertiary/aromatic N) is 4. The molecule has 3 aliphatic carbocycles. The number of para-hydroxylation sites is 2. The quantitative estimate of drug-likeness (QED) is 0.187. The first-order chi connectivity index (χ1) is 25.8. The maximum Gasteiger partial charge on any atom is 0.235 e. The maximum atomic E-state index is 5.35. The second-order valence-electron chi connectivity index (χ2n) is 14.3. The zero-order valence-electron chi connectivity index (χ0n) is 28.8. The first kappa shape index (κ1) is 29.5. The van der Waals surface area contributed by atoms with Crippen LogP contribution in [0, 0.1) is 0 Å². The molecule has 2 aromatic heterocycles. The lowest BCUT2D eigenvalue weighted by Crippen LogP contribution is -2.36. The van der Waals surface area contributed by atoms with Crippen LogP contribution in [0.25, 0.3) is 61.8 Å². The number of fused-ring (bicyclic) bond motifs is 9. The minimum Gasteiger partial charge on any atom is -0.333 e. The summed E-state index contributed by atoms with van der Waals surface area (Å²) in [5.74, 6) is 0.961. The van der Waals surface area contributed by atoms with Gasteiger partial charge in [0.1, 0.15) is 0 Å². The van der Waals surface area contributed by atoms with E-state index in [1.54, 1.807) is 0 Å². The third-order valence-corrected chi connectivity index (χ3v) is 11.4. The van der Waals surface area contributed by atoms with E-state index in [-0.39, 0.29) is 12.0 Å². The van der Waals surface area contributed by atoms with E-state index in [0.717, 1.165) is 53.7 Å². The van der Waals surface area contributed by atoms with E-state index in [2.05, 4.69) is 167 Å². The van der Waals surface area contributed by atoms with Crippen molar-refractivity contribution in [1.82, 2.24) is 14.5 Å². The molecular weight excluding hydrogens is 633 g/mol. The molecule has 0 radical (unpaired) electrons. The number of hydrogen-bond acceptors (Lipinski definition) is 3. The summed E-state index contributed by atoms with van der Waals surface area (Å²) in [5.41, 5.74) is 11.0. The Kier molecular flexibility index (Phi) is 6.60. The highest BCUT2D eigenvalue weighted by atomic mass is 15.2. The molecule has 0 saturated carbocycles. The van der Waals surface area contributed by atoms with Gasteiger partial charge < -0.3 is 4.90 Å². The van der Waals surface area contributed by atoms with E-state index in [4.69, 9.17) is 9.97 Å². The van der Waals surface area contributed by atoms with Gasteiger partial charge in [-0.2, -0.15) is 0 Å². The van der Waals surface area contributed by atoms with Gasteiger partial charge in [-0.3, -0.25) is 4.57 Å². The van der Waals surface area contributed by atoms with Gasteiger partial charge in [-0.1, -0.05) is 121 Å². The molecule has 248 valence electrons. The van der Waals surface area contributed by atoms with Crippen molar-refractivity contribution in [2.45, 2.75) is 37.6 Å². The van der Waals surface area contributed by atoms with Crippen LogP contribution in [0.1, 0.15) is 48.4 Å². The van der Waals surface area contributed by atoms with Crippen LogP contribution in [0.15, 0.2) is 146 Å². The highest BCUT2D eigenvalue weighted by Gasteiger charge is 2.39. The van der Waals surface area contributed by atoms with Crippen molar-refractivity contribution in [1.29, 1.82) is 0 Å². The highest BCUT2D eigenvalue weighted by Crippen LogP contribution is 2.51. The summed E-state index contributed by atoms with van der Waals surface area (Å²) in [6.45, 7) is 0. The highest BCUT2D eigenvalue weighted by molar-refractivity contribution is 6.10. The van der Waals surface area contributed by atoms with E-state index in [9.17, 15) is 0 Å². The fourth-order valence-electron chi connectivity index (χ4n) is 9.06. The van der Waals surface area contributed by atoms with Crippen molar-refractivity contribution < 1.29 is 0 Å². The van der Waals surface area contributed by atoms with Crippen LogP contribution < -0.4 is 15.5 Å². The van der Waals surface area contributed by atoms with Crippen molar-refractivity contribution in [3.63, 3.8) is 0 Å². The van der Waals surface area contributed by atoms with Gasteiger partial charge in [-0.15, -0.1) is 0 Å². The van der Waals surface area contributed by atoms with Crippen LogP contribution in [0.2, 0.25) is 0 Å². The molecule has 0 fully saturated rings. The second kappa shape index (κ2) is 11.6. The largest absolute Gasteiger partial charge is 0.333 e. The summed E-state index contributed by atoms with van der Waals surface area (Å²) in [6.07, 6.45) is 22.6. The first-order valence-corrected chi connectivity index (χ1v) is 18.5. The van der Waals surface area contributed by atoms with Crippen molar-refractivity contribution in [2.24, 2.45) is 0 Å². The van der Waals surface area contributed by atoms with Crippen LogP contribution in [-0.2, 0) is 0 Å². The van der Waals surface area contributed by atoms with Crippen LogP contribution in [0.3, 0.4) is 0 Å². The number of anilines is 2. The molecule has 4 nitrogen and oxygen atoms in total. The van der Waals surface area contributed by atoms with Crippen LogP contribution >= 0.6 is 0 Å². The Hall–Kier alpha value is -6.26. The zero-order valence-corrected chi connectivity index (χ0v) is 28.8. The number of benzene rings is 5. The van der Waals surface area contributed by atoms with Crippen molar-refractivity contribution in [3.8, 4) is 5.95 Å². The lowest BCUT2D eigenvalue weighted by Gasteiger charge is -2.29. The summed E-state index contributed by atoms with van der Waals surface area (Å²) >= 11 is 0. The van der Waals surface area contributed by atoms with Gasteiger partial charge in [-0.25, -0.2) is 9.97 Å². The SMILES string of the molecule is C1=CCCC(c2nc(-n3c4ccccc4c4cc(C5=CC6c7c(ccc8ccccc78)N(c7ccccc7)C6C=C5)ccc43)nc3c2=CCCC=3)=C1. The Morgan fingerprint density at radius 1 is 0.692 bits per heavy atom. The zero-order chi connectivity index (χ0) is 34.2. The van der Waals surface area contributed by atoms with Gasteiger partial charge in [0.25, 0.3) is 0 Å². The predicted octanol–water partition coefficient (Wildman–Crippen LogP) is 10.1. The topological polar surface area (TPSA) is 34.0 Å². The van der Waals surface area contributed by atoms with Gasteiger partial charge in [0.15, 0.2) is 0 Å². The summed E-state index contributed by atoms with van der Waals surface area (Å²) < 4.78 is 2.28. The molecule has 0 bridgehead atoms. The summed E-state index contributed by atoms with van der Waals surface area (Å²) in [6, 6.07) is 40.1. The molecule has 7 aromatic rings. The molecule has 52 heavy (non-hydrogen) atoms. The number of aromatic nitrogens is 3. The molecule has 11 rings (SSSR count). The molecule has 0 amide bonds. The Morgan fingerprint density at radius 2 is 1.52 bits per heavy atom. The van der Waals surface area contributed by atoms with E-state index >= 15 is 0 Å². The minimum atomic E-state index is 0.205. The molecule has 0 N–H and O–H groups in total. The van der Waals surface area contributed by atoms with Crippen molar-refractivity contribution >= 4 is 67.3 Å². The lowest BCUT2D eigenvalue weighted by molar-refractivity contribution is 0.749. The monoisotopic (exact) mass is 668 g/mol. The molecule has 3 heterocycles. The van der Waals surface area contributed by atoms with Crippen LogP contribution in [0.5, 0.6) is 0 Å². The Bertz CT molecular complexity index is 2870. The van der Waals surface area contributed by atoms with E-state index in [0.29, 0.717) is 0 Å². The third-order valence-electron chi connectivity index (χ3n) is 11.4. The fraction of sp³-hybridized carbons (Fsp3) is 0.125. The van der Waals surface area contributed by atoms with Crippen LogP contribution in [0.4, 0.5) is 11.4 Å². The molecule has 2 unspecified atom stereocenters. The lowest BCUT2D eigenvalue weighted by atomic mass is 9.84. The van der Waals surface area contributed by atoms with Gasteiger partial charge in [0, 0.05) is 33.3 Å². The molecule has 5 aromatic carbocycles. The van der Waals surface area contributed by atoms with Crippen molar-refractivity contribution in [2.75, 3.05) is 4.90 Å². The number of hydrogen-bond donors (Lipinski definition) is 0. The Morgan fingerprint density at radius 3 is 2.42 bits per heavy atom. The summed E-state index contributed by atoms with van der Waals surface area (Å²) in [4.78, 5) is 13.1. The maximum absolute atomic E-state index is 5.35. The minimum absolute atomic E-state index is 0.205. The van der Waals surface area contributed by atoms with E-state index in [1.807, 2.05) is 0 Å². The number of allylic oxidation sites excluding steroid dienone is 6. The van der Waals surface area contributed by atoms with Gasteiger partial charge in [0.2, 0.25) is 5.95 Å². The molecule has 4 aliphatic rings. The van der Waals surface area contributed by atoms with E-state index in [1.165, 1.54) is 60.4 Å². The predicted molar refractivity (Wildman–Crippen MR) is 216 cm³/mol. The third kappa shape index (κ3) is 4.47. The smallest absolute Gasteiger partial charge is 0.235 e. The standard InChI is InChI=1S/C48H36N4/c1-3-14-32(15-4-1)47-38-20-9-11-21-41(38)49-48(50-47)52-42-22-12-10-19-37(42)39-29-33(24-26-43(39)52)34-25-27-44-40(30-34)46-36-18-8-7-13-31(36)23-28-45(46)51(44)35-16-5-2-6-17-35/h1-3,5-8,10,12-14,16-30,40,44H,4,9,11,15H2. The molecule has 0 saturated heterocycles. The average Bonchev–Trinajstić information content (AvgIpc) is 3.73. The molecular formula is C48H36N4. The van der Waals surface area contributed by atoms with Crippen molar-refractivity contribution in [3.05, 3.63) is 173 Å². The van der Waals surface area contributed by atoms with Gasteiger partial charge >= 0.3 is 0 Å². The molecule has 0 spiro atoms. The molecule has 2 atom stereocenters. The normalized spacial score (nSPS) is 18.8. The Labute approximate surface area is 302 Å². The van der Waals surface area contributed by atoms with E-state index < -0.39 is 0 Å². The van der Waals surface area contributed by atoms with Gasteiger partial charge in [-0.05, 0) is 95.1 Å². The number of rotatable bonds is 4. The summed E-state index contributed by atoms with van der Waals surface area (Å²) in [7, 11) is 0. The van der Waals surface area contributed by atoms with Crippen LogP contribution in [-0.4, -0.2) is 20.6 Å². The average molecular weight is 669 g/mol. The fourth-order valence-corrected chi connectivity index (χ4v) is 9.06.